The quantitative estimate of drug-likeness (QED) is 0.853. The molecule has 2 unspecified atom stereocenters. The molecule has 0 radical (unpaired) electrons. The van der Waals surface area contributed by atoms with Crippen molar-refractivity contribution in [2.24, 2.45) is 11.0 Å². The van der Waals surface area contributed by atoms with E-state index < -0.39 is 23.8 Å². The van der Waals surface area contributed by atoms with Crippen LogP contribution < -0.4 is 10.3 Å². The van der Waals surface area contributed by atoms with E-state index in [1.54, 1.807) is 6.92 Å². The average Bonchev–Trinajstić information content (AvgIpc) is 2.56. The number of nitrogens with one attached hydrogen (secondary N) is 1. The van der Waals surface area contributed by atoms with Crippen molar-refractivity contribution in [2.45, 2.75) is 46.6 Å². The summed E-state index contributed by atoms with van der Waals surface area (Å²) in [4.78, 5) is 35.7. The summed E-state index contributed by atoms with van der Waals surface area (Å²) in [6.45, 7) is 6.96. The zero-order chi connectivity index (χ0) is 18.7. The summed E-state index contributed by atoms with van der Waals surface area (Å²) in [6, 6.07) is 5.16. The number of carbonyl (C=O) groups is 3. The van der Waals surface area contributed by atoms with Crippen molar-refractivity contribution in [2.75, 3.05) is 5.01 Å². The number of hydrazone groups is 1. The van der Waals surface area contributed by atoms with Gasteiger partial charge in [-0.05, 0) is 44.9 Å². The molecule has 2 N–H and O–H groups in total. The van der Waals surface area contributed by atoms with Crippen molar-refractivity contribution in [1.29, 1.82) is 0 Å². The number of rotatable bonds is 5. The summed E-state index contributed by atoms with van der Waals surface area (Å²) >= 11 is 0. The van der Waals surface area contributed by atoms with Crippen LogP contribution in [0.5, 0.6) is 0 Å². The van der Waals surface area contributed by atoms with Crippen molar-refractivity contribution < 1.29 is 19.5 Å². The molecule has 0 saturated carbocycles. The Morgan fingerprint density at radius 1 is 1.24 bits per heavy atom. The van der Waals surface area contributed by atoms with E-state index in [4.69, 9.17) is 5.11 Å². The number of amides is 2. The molecular weight excluding hydrogens is 322 g/mol. The number of nitrogens with zero attached hydrogens (tertiary/aromatic N) is 2. The largest absolute Gasteiger partial charge is 0.481 e. The highest BCUT2D eigenvalue weighted by Gasteiger charge is 2.28. The minimum atomic E-state index is -0.981. The Hall–Kier alpha value is -2.70. The molecule has 0 aromatic heterocycles. The van der Waals surface area contributed by atoms with E-state index in [1.165, 1.54) is 11.9 Å². The standard InChI is InChI=1S/C18H23N3O4/c1-10-5-6-11(2)15(9-10)21-16(22)8-7-14(20-21)17(23)19-13(4)12(3)18(24)25/h5-6,9,12-13H,7-8H2,1-4H3,(H,19,23)(H,24,25). The number of carboxylic acid groups (broad SMARTS) is 1. The molecule has 0 fully saturated rings. The van der Waals surface area contributed by atoms with Crippen molar-refractivity contribution in [3.63, 3.8) is 0 Å². The van der Waals surface area contributed by atoms with Gasteiger partial charge in [0, 0.05) is 18.9 Å². The molecule has 2 amide bonds. The molecule has 2 rings (SSSR count). The first-order valence-corrected chi connectivity index (χ1v) is 8.22. The molecule has 1 aliphatic heterocycles. The number of carboxylic acids is 1. The number of hydrogen-bond donors (Lipinski definition) is 2. The molecule has 1 aromatic carbocycles. The summed E-state index contributed by atoms with van der Waals surface area (Å²) in [5.41, 5.74) is 2.76. The molecule has 25 heavy (non-hydrogen) atoms. The predicted molar refractivity (Wildman–Crippen MR) is 94.5 cm³/mol. The maximum Gasteiger partial charge on any atom is 0.308 e. The van der Waals surface area contributed by atoms with E-state index in [-0.39, 0.29) is 24.5 Å². The number of hydrogen-bond acceptors (Lipinski definition) is 4. The van der Waals surface area contributed by atoms with Gasteiger partial charge < -0.3 is 10.4 Å². The smallest absolute Gasteiger partial charge is 0.308 e. The van der Waals surface area contributed by atoms with Crippen LogP contribution in [0.1, 0.15) is 37.8 Å². The Labute approximate surface area is 146 Å². The van der Waals surface area contributed by atoms with Gasteiger partial charge in [0.25, 0.3) is 5.91 Å². The lowest BCUT2D eigenvalue weighted by Gasteiger charge is -2.26. The lowest BCUT2D eigenvalue weighted by atomic mass is 10.0. The summed E-state index contributed by atoms with van der Waals surface area (Å²) in [7, 11) is 0. The highest BCUT2D eigenvalue weighted by molar-refractivity contribution is 6.40. The van der Waals surface area contributed by atoms with Crippen molar-refractivity contribution in [3.8, 4) is 0 Å². The van der Waals surface area contributed by atoms with Crippen molar-refractivity contribution in [1.82, 2.24) is 5.32 Å². The molecule has 2 atom stereocenters. The summed E-state index contributed by atoms with van der Waals surface area (Å²) in [6.07, 6.45) is 0.419. The Bertz CT molecular complexity index is 742. The summed E-state index contributed by atoms with van der Waals surface area (Å²) in [5.74, 6) is -2.31. The molecule has 1 aliphatic rings. The monoisotopic (exact) mass is 345 g/mol. The lowest BCUT2D eigenvalue weighted by Crippen LogP contribution is -2.45. The lowest BCUT2D eigenvalue weighted by molar-refractivity contribution is -0.142. The van der Waals surface area contributed by atoms with Crippen LogP contribution in [0.15, 0.2) is 23.3 Å². The van der Waals surface area contributed by atoms with Gasteiger partial charge in [0.05, 0.1) is 11.6 Å². The summed E-state index contributed by atoms with van der Waals surface area (Å²) < 4.78 is 0. The molecule has 0 bridgehead atoms. The van der Waals surface area contributed by atoms with Gasteiger partial charge in [-0.2, -0.15) is 5.10 Å². The molecule has 134 valence electrons. The zero-order valence-corrected chi connectivity index (χ0v) is 14.9. The second kappa shape index (κ2) is 7.46. The van der Waals surface area contributed by atoms with Gasteiger partial charge in [0.15, 0.2) is 0 Å². The third-order valence-corrected chi connectivity index (χ3v) is 4.39. The average molecular weight is 345 g/mol. The Kier molecular flexibility index (Phi) is 5.56. The van der Waals surface area contributed by atoms with E-state index in [2.05, 4.69) is 10.4 Å². The van der Waals surface area contributed by atoms with Crippen LogP contribution in [0.3, 0.4) is 0 Å². The zero-order valence-electron chi connectivity index (χ0n) is 14.9. The van der Waals surface area contributed by atoms with Crippen LogP contribution in [0.25, 0.3) is 0 Å². The Morgan fingerprint density at radius 3 is 2.56 bits per heavy atom. The van der Waals surface area contributed by atoms with Gasteiger partial charge in [0.1, 0.15) is 5.71 Å². The first-order valence-electron chi connectivity index (χ1n) is 8.22. The van der Waals surface area contributed by atoms with Gasteiger partial charge in [-0.3, -0.25) is 14.4 Å². The maximum atomic E-state index is 12.4. The molecule has 0 aliphatic carbocycles. The predicted octanol–water partition coefficient (Wildman–Crippen LogP) is 2.01. The highest BCUT2D eigenvalue weighted by Crippen LogP contribution is 2.25. The van der Waals surface area contributed by atoms with Gasteiger partial charge in [-0.15, -0.1) is 0 Å². The molecule has 0 saturated heterocycles. The second-order valence-electron chi connectivity index (χ2n) is 6.43. The topological polar surface area (TPSA) is 99.1 Å². The van der Waals surface area contributed by atoms with Gasteiger partial charge in [-0.1, -0.05) is 12.1 Å². The fraction of sp³-hybridized carbons (Fsp3) is 0.444. The third-order valence-electron chi connectivity index (χ3n) is 4.39. The van der Waals surface area contributed by atoms with E-state index in [1.807, 2.05) is 32.0 Å². The third kappa shape index (κ3) is 4.23. The van der Waals surface area contributed by atoms with Gasteiger partial charge in [0.2, 0.25) is 5.91 Å². The van der Waals surface area contributed by atoms with Crippen LogP contribution in [-0.2, 0) is 14.4 Å². The van der Waals surface area contributed by atoms with Crippen molar-refractivity contribution in [3.05, 3.63) is 29.3 Å². The Morgan fingerprint density at radius 2 is 1.92 bits per heavy atom. The molecule has 0 spiro atoms. The molecule has 1 aromatic rings. The minimum Gasteiger partial charge on any atom is -0.481 e. The molecule has 1 heterocycles. The van der Waals surface area contributed by atoms with Crippen molar-refractivity contribution >= 4 is 29.2 Å². The molecule has 7 heteroatoms. The first-order chi connectivity index (χ1) is 11.7. The van der Waals surface area contributed by atoms with E-state index in [0.717, 1.165) is 11.1 Å². The molecular formula is C18H23N3O4. The van der Waals surface area contributed by atoms with E-state index in [9.17, 15) is 14.4 Å². The van der Waals surface area contributed by atoms with E-state index >= 15 is 0 Å². The number of aliphatic carboxylic acids is 1. The maximum absolute atomic E-state index is 12.4. The molecule has 7 nitrogen and oxygen atoms in total. The minimum absolute atomic E-state index is 0.169. The van der Waals surface area contributed by atoms with Crippen LogP contribution >= 0.6 is 0 Å². The fourth-order valence-corrected chi connectivity index (χ4v) is 2.48. The van der Waals surface area contributed by atoms with Gasteiger partial charge >= 0.3 is 5.97 Å². The number of aryl methyl sites for hydroxylation is 2. The van der Waals surface area contributed by atoms with Crippen LogP contribution in [0.4, 0.5) is 5.69 Å². The van der Waals surface area contributed by atoms with Crippen LogP contribution in [0, 0.1) is 19.8 Å². The van der Waals surface area contributed by atoms with Gasteiger partial charge in [-0.25, -0.2) is 5.01 Å². The number of benzene rings is 1. The first kappa shape index (κ1) is 18.6. The fourth-order valence-electron chi connectivity index (χ4n) is 2.48. The normalized spacial score (nSPS) is 16.9. The van der Waals surface area contributed by atoms with Crippen LogP contribution in [-0.4, -0.2) is 34.6 Å². The Balaban J connectivity index is 2.24. The second-order valence-corrected chi connectivity index (χ2v) is 6.43. The van der Waals surface area contributed by atoms with Crippen LogP contribution in [0.2, 0.25) is 0 Å². The SMILES string of the molecule is Cc1ccc(C)c(N2N=C(C(=O)NC(C)C(C)C(=O)O)CCC2=O)c1. The van der Waals surface area contributed by atoms with E-state index in [0.29, 0.717) is 5.69 Å². The number of anilines is 1. The summed E-state index contributed by atoms with van der Waals surface area (Å²) in [5, 5.41) is 17.2. The highest BCUT2D eigenvalue weighted by atomic mass is 16.4. The number of carbonyl (C=O) groups excluding carboxylic acids is 2.